The maximum absolute atomic E-state index is 12.3. The molecular weight excluding hydrogens is 502 g/mol. The van der Waals surface area contributed by atoms with Crippen LogP contribution in [0.15, 0.2) is 23.3 Å². The maximum Gasteiger partial charge on any atom is 0.422 e. The Labute approximate surface area is 185 Å². The number of ether oxygens (including phenoxy) is 1. The number of aromatic nitrogens is 1. The van der Waals surface area contributed by atoms with E-state index in [2.05, 4.69) is 25.3 Å². The molecule has 2 heterocycles. The van der Waals surface area contributed by atoms with Crippen molar-refractivity contribution in [1.29, 1.82) is 0 Å². The number of carbonyl (C=O) groups is 1. The van der Waals surface area contributed by atoms with E-state index >= 15 is 0 Å². The molecule has 1 unspecified atom stereocenters. The third-order valence-corrected chi connectivity index (χ3v) is 4.13. The molecule has 1 atom stereocenters. The topological polar surface area (TPSA) is 78.9 Å². The summed E-state index contributed by atoms with van der Waals surface area (Å²) in [6.45, 7) is 4.66. The number of hydrogen-bond donors (Lipinski definition) is 2. The lowest BCUT2D eigenvalue weighted by Crippen LogP contribution is -2.45. The van der Waals surface area contributed by atoms with Gasteiger partial charge in [-0.1, -0.05) is 6.92 Å². The van der Waals surface area contributed by atoms with Gasteiger partial charge in [-0.15, -0.1) is 24.0 Å². The van der Waals surface area contributed by atoms with Gasteiger partial charge in [-0.05, 0) is 25.0 Å². The minimum atomic E-state index is -4.41. The molecule has 11 heteroatoms. The predicted octanol–water partition coefficient (Wildman–Crippen LogP) is 2.71. The molecule has 1 aromatic rings. The molecule has 1 amide bonds. The minimum absolute atomic E-state index is 0. The fourth-order valence-corrected chi connectivity index (χ4v) is 2.80. The fourth-order valence-electron chi connectivity index (χ4n) is 2.80. The number of aliphatic imine (C=N–C) groups is 1. The van der Waals surface area contributed by atoms with Gasteiger partial charge in [0, 0.05) is 44.4 Å². The van der Waals surface area contributed by atoms with Crippen molar-refractivity contribution >= 4 is 35.8 Å². The Morgan fingerprint density at radius 3 is 2.83 bits per heavy atom. The van der Waals surface area contributed by atoms with Crippen LogP contribution in [0, 0.1) is 0 Å². The summed E-state index contributed by atoms with van der Waals surface area (Å²) in [5, 5.41) is 6.44. The highest BCUT2D eigenvalue weighted by atomic mass is 127. The smallest absolute Gasteiger partial charge is 0.422 e. The summed E-state index contributed by atoms with van der Waals surface area (Å²) in [5.41, 5.74) is 0.679. The average Bonchev–Trinajstić information content (AvgIpc) is 3.12. The molecule has 1 saturated heterocycles. The van der Waals surface area contributed by atoms with Crippen molar-refractivity contribution in [2.75, 3.05) is 26.2 Å². The van der Waals surface area contributed by atoms with Crippen molar-refractivity contribution in [3.63, 3.8) is 0 Å². The number of halogens is 4. The molecule has 2 N–H and O–H groups in total. The van der Waals surface area contributed by atoms with Crippen molar-refractivity contribution in [2.24, 2.45) is 4.99 Å². The number of carbonyl (C=O) groups excluding carboxylic acids is 1. The lowest BCUT2D eigenvalue weighted by Gasteiger charge is -2.18. The standard InChI is InChI=1S/C18H26F3N5O2.HI/c1-3-16(27)26-8-6-14(11-26)25-17(22-4-2)24-10-13-5-7-23-15(9-13)28-12-18(19,20)21;/h5,7,9,14H,3-4,6,8,10-12H2,1-2H3,(H2,22,24,25);1H. The molecule has 1 aromatic heterocycles. The summed E-state index contributed by atoms with van der Waals surface area (Å²) in [6.07, 6.45) is -1.70. The van der Waals surface area contributed by atoms with Crippen molar-refractivity contribution in [1.82, 2.24) is 20.5 Å². The summed E-state index contributed by atoms with van der Waals surface area (Å²) < 4.78 is 41.4. The Kier molecular flexibility index (Phi) is 10.5. The zero-order chi connectivity index (χ0) is 20.6. The average molecular weight is 529 g/mol. The zero-order valence-electron chi connectivity index (χ0n) is 16.5. The Morgan fingerprint density at radius 2 is 2.17 bits per heavy atom. The van der Waals surface area contributed by atoms with Gasteiger partial charge in [0.1, 0.15) is 0 Å². The minimum Gasteiger partial charge on any atom is -0.468 e. The van der Waals surface area contributed by atoms with Gasteiger partial charge in [0.15, 0.2) is 12.6 Å². The van der Waals surface area contributed by atoms with E-state index in [4.69, 9.17) is 0 Å². The summed E-state index contributed by atoms with van der Waals surface area (Å²) in [7, 11) is 0. The highest BCUT2D eigenvalue weighted by molar-refractivity contribution is 14.0. The third kappa shape index (κ3) is 9.05. The zero-order valence-corrected chi connectivity index (χ0v) is 18.8. The van der Waals surface area contributed by atoms with Crippen LogP contribution in [0.1, 0.15) is 32.3 Å². The van der Waals surface area contributed by atoms with Gasteiger partial charge < -0.3 is 20.3 Å². The molecular formula is C18H27F3IN5O2. The first kappa shape index (κ1) is 25.2. The molecule has 0 aliphatic carbocycles. The van der Waals surface area contributed by atoms with Gasteiger partial charge in [0.05, 0.1) is 6.54 Å². The second-order valence-corrected chi connectivity index (χ2v) is 6.42. The third-order valence-electron chi connectivity index (χ3n) is 4.13. The van der Waals surface area contributed by atoms with Crippen LogP contribution < -0.4 is 15.4 Å². The molecule has 0 saturated carbocycles. The van der Waals surface area contributed by atoms with Crippen molar-refractivity contribution in [3.05, 3.63) is 23.9 Å². The Hall–Kier alpha value is -1.79. The molecule has 1 fully saturated rings. The summed E-state index contributed by atoms with van der Waals surface area (Å²) in [6, 6.07) is 3.22. The van der Waals surface area contributed by atoms with Gasteiger partial charge in [-0.2, -0.15) is 13.2 Å². The lowest BCUT2D eigenvalue weighted by atomic mass is 10.2. The fraction of sp³-hybridized carbons (Fsp3) is 0.611. The number of rotatable bonds is 7. The Balaban J connectivity index is 0.00000420. The highest BCUT2D eigenvalue weighted by Gasteiger charge is 2.28. The molecule has 29 heavy (non-hydrogen) atoms. The maximum atomic E-state index is 12.3. The second kappa shape index (κ2) is 12.0. The molecule has 1 aliphatic heterocycles. The SMILES string of the molecule is CCNC(=NCc1ccnc(OCC(F)(F)F)c1)NC1CCN(C(=O)CC)C1.I. The van der Waals surface area contributed by atoms with Crippen LogP contribution in [0.5, 0.6) is 5.88 Å². The van der Waals surface area contributed by atoms with Crippen LogP contribution in [0.3, 0.4) is 0 Å². The lowest BCUT2D eigenvalue weighted by molar-refractivity contribution is -0.154. The van der Waals surface area contributed by atoms with Crippen molar-refractivity contribution in [3.8, 4) is 5.88 Å². The highest BCUT2D eigenvalue weighted by Crippen LogP contribution is 2.18. The number of pyridine rings is 1. The number of amides is 1. The first-order valence-corrected chi connectivity index (χ1v) is 9.27. The van der Waals surface area contributed by atoms with Crippen LogP contribution in [-0.4, -0.2) is 60.2 Å². The molecule has 164 valence electrons. The molecule has 0 aromatic carbocycles. The van der Waals surface area contributed by atoms with Crippen LogP contribution >= 0.6 is 24.0 Å². The van der Waals surface area contributed by atoms with Crippen LogP contribution in [0.25, 0.3) is 0 Å². The van der Waals surface area contributed by atoms with Gasteiger partial charge in [-0.3, -0.25) is 4.79 Å². The number of alkyl halides is 3. The van der Waals surface area contributed by atoms with E-state index in [1.807, 2.05) is 18.7 Å². The van der Waals surface area contributed by atoms with Gasteiger partial charge >= 0.3 is 6.18 Å². The monoisotopic (exact) mass is 529 g/mol. The number of likely N-dealkylation sites (tertiary alicyclic amines) is 1. The second-order valence-electron chi connectivity index (χ2n) is 6.42. The Bertz CT molecular complexity index is 688. The number of nitrogens with zero attached hydrogens (tertiary/aromatic N) is 3. The molecule has 0 spiro atoms. The van der Waals surface area contributed by atoms with Crippen LogP contribution in [0.2, 0.25) is 0 Å². The van der Waals surface area contributed by atoms with E-state index in [1.54, 1.807) is 6.07 Å². The van der Waals surface area contributed by atoms with Gasteiger partial charge in [-0.25, -0.2) is 9.98 Å². The molecule has 1 aliphatic rings. The van der Waals surface area contributed by atoms with E-state index < -0.39 is 12.8 Å². The van der Waals surface area contributed by atoms with Crippen molar-refractivity contribution in [2.45, 2.75) is 45.5 Å². The number of hydrogen-bond acceptors (Lipinski definition) is 4. The van der Waals surface area contributed by atoms with Gasteiger partial charge in [0.2, 0.25) is 11.8 Å². The number of nitrogens with one attached hydrogen (secondary N) is 2. The van der Waals surface area contributed by atoms with E-state index in [0.29, 0.717) is 37.6 Å². The van der Waals surface area contributed by atoms with E-state index in [9.17, 15) is 18.0 Å². The molecule has 0 bridgehead atoms. The first-order valence-electron chi connectivity index (χ1n) is 9.27. The normalized spacial score (nSPS) is 16.9. The van der Waals surface area contributed by atoms with E-state index in [-0.39, 0.29) is 48.4 Å². The first-order chi connectivity index (χ1) is 13.3. The molecule has 2 rings (SSSR count). The quantitative estimate of drug-likeness (QED) is 0.323. The van der Waals surface area contributed by atoms with Gasteiger partial charge in [0.25, 0.3) is 0 Å². The van der Waals surface area contributed by atoms with E-state index in [0.717, 1.165) is 6.42 Å². The predicted molar refractivity (Wildman–Crippen MR) is 114 cm³/mol. The van der Waals surface area contributed by atoms with Crippen LogP contribution in [-0.2, 0) is 11.3 Å². The summed E-state index contributed by atoms with van der Waals surface area (Å²) in [4.78, 5) is 21.9. The Morgan fingerprint density at radius 1 is 1.41 bits per heavy atom. The summed E-state index contributed by atoms with van der Waals surface area (Å²) in [5.74, 6) is 0.634. The molecule has 7 nitrogen and oxygen atoms in total. The van der Waals surface area contributed by atoms with E-state index in [1.165, 1.54) is 12.3 Å². The summed E-state index contributed by atoms with van der Waals surface area (Å²) >= 11 is 0. The van der Waals surface area contributed by atoms with Crippen molar-refractivity contribution < 1.29 is 22.7 Å². The van der Waals surface area contributed by atoms with Crippen LogP contribution in [0.4, 0.5) is 13.2 Å². The largest absolute Gasteiger partial charge is 0.468 e. The number of guanidine groups is 1. The molecule has 0 radical (unpaired) electrons.